The zero-order valence-electron chi connectivity index (χ0n) is 27.3. The Bertz CT molecular complexity index is 2860. The van der Waals surface area contributed by atoms with E-state index in [1.807, 2.05) is 11.3 Å². The van der Waals surface area contributed by atoms with Crippen LogP contribution in [0.1, 0.15) is 0 Å². The molecule has 0 saturated carbocycles. The van der Waals surface area contributed by atoms with Crippen molar-refractivity contribution in [1.29, 1.82) is 0 Å². The first-order chi connectivity index (χ1) is 24.8. The zero-order chi connectivity index (χ0) is 33.0. The monoisotopic (exact) mass is 653 g/mol. The van der Waals surface area contributed by atoms with Crippen molar-refractivity contribution in [2.75, 3.05) is 4.90 Å². The summed E-state index contributed by atoms with van der Waals surface area (Å²) in [5.41, 5.74) is 8.41. The third kappa shape index (κ3) is 4.69. The van der Waals surface area contributed by atoms with Crippen LogP contribution in [0.3, 0.4) is 0 Å². The number of para-hydroxylation sites is 1. The lowest BCUT2D eigenvalue weighted by atomic mass is 9.92. The molecular formula is C48H31NS. The van der Waals surface area contributed by atoms with Crippen molar-refractivity contribution < 1.29 is 0 Å². The molecule has 0 radical (unpaired) electrons. The summed E-state index contributed by atoms with van der Waals surface area (Å²) < 4.78 is 2.63. The maximum Gasteiger partial charge on any atom is 0.0468 e. The maximum absolute atomic E-state index is 2.41. The molecule has 0 bridgehead atoms. The minimum Gasteiger partial charge on any atom is -0.310 e. The van der Waals surface area contributed by atoms with Gasteiger partial charge in [0, 0.05) is 37.2 Å². The van der Waals surface area contributed by atoms with Gasteiger partial charge in [-0.3, -0.25) is 0 Å². The second kappa shape index (κ2) is 11.7. The van der Waals surface area contributed by atoms with Gasteiger partial charge in [0.05, 0.1) is 0 Å². The first-order valence-corrected chi connectivity index (χ1v) is 17.9. The van der Waals surface area contributed by atoms with Crippen molar-refractivity contribution in [3.8, 4) is 22.3 Å². The fourth-order valence-electron chi connectivity index (χ4n) is 7.70. The van der Waals surface area contributed by atoms with E-state index in [0.29, 0.717) is 0 Å². The number of benzene rings is 9. The largest absolute Gasteiger partial charge is 0.310 e. The maximum atomic E-state index is 2.41. The van der Waals surface area contributed by atoms with Crippen molar-refractivity contribution >= 4 is 80.9 Å². The minimum atomic E-state index is 1.12. The second-order valence-corrected chi connectivity index (χ2v) is 14.0. The number of hydrogen-bond donors (Lipinski definition) is 0. The van der Waals surface area contributed by atoms with Gasteiger partial charge >= 0.3 is 0 Å². The number of fused-ring (bicyclic) bond motifs is 7. The Morgan fingerprint density at radius 2 is 0.900 bits per heavy atom. The highest BCUT2D eigenvalue weighted by molar-refractivity contribution is 7.26. The van der Waals surface area contributed by atoms with Crippen LogP contribution in [0.5, 0.6) is 0 Å². The van der Waals surface area contributed by atoms with Crippen LogP contribution in [-0.2, 0) is 0 Å². The Morgan fingerprint density at radius 3 is 1.64 bits per heavy atom. The average Bonchev–Trinajstić information content (AvgIpc) is 3.57. The lowest BCUT2D eigenvalue weighted by molar-refractivity contribution is 1.29. The number of thiophene rings is 1. The average molecular weight is 654 g/mol. The Labute approximate surface area is 294 Å². The molecule has 0 spiro atoms. The van der Waals surface area contributed by atoms with Crippen LogP contribution in [0.25, 0.3) is 74.7 Å². The van der Waals surface area contributed by atoms with Gasteiger partial charge in [-0.1, -0.05) is 140 Å². The molecule has 0 saturated heterocycles. The topological polar surface area (TPSA) is 3.24 Å². The fraction of sp³-hybridized carbons (Fsp3) is 0. The molecule has 10 rings (SSSR count). The van der Waals surface area contributed by atoms with Crippen LogP contribution in [0.2, 0.25) is 0 Å². The van der Waals surface area contributed by atoms with Gasteiger partial charge in [0.15, 0.2) is 0 Å². The molecule has 10 aromatic rings. The van der Waals surface area contributed by atoms with Crippen LogP contribution in [-0.4, -0.2) is 0 Å². The molecule has 9 aromatic carbocycles. The Morgan fingerprint density at radius 1 is 0.340 bits per heavy atom. The van der Waals surface area contributed by atoms with Crippen molar-refractivity contribution in [3.63, 3.8) is 0 Å². The van der Waals surface area contributed by atoms with E-state index in [-0.39, 0.29) is 0 Å². The van der Waals surface area contributed by atoms with E-state index in [2.05, 4.69) is 193 Å². The van der Waals surface area contributed by atoms with Gasteiger partial charge in [0.25, 0.3) is 0 Å². The highest BCUT2D eigenvalue weighted by atomic mass is 32.1. The highest BCUT2D eigenvalue weighted by Gasteiger charge is 2.19. The Kier molecular flexibility index (Phi) is 6.75. The molecule has 1 nitrogen and oxygen atoms in total. The summed E-state index contributed by atoms with van der Waals surface area (Å²) in [6.07, 6.45) is 0. The molecule has 2 heteroatoms. The van der Waals surface area contributed by atoms with Crippen LogP contribution in [0, 0.1) is 0 Å². The van der Waals surface area contributed by atoms with Gasteiger partial charge in [-0.25, -0.2) is 0 Å². The third-order valence-electron chi connectivity index (χ3n) is 10.0. The molecule has 0 aliphatic carbocycles. The van der Waals surface area contributed by atoms with Gasteiger partial charge in [-0.05, 0) is 103 Å². The van der Waals surface area contributed by atoms with Gasteiger partial charge in [0.2, 0.25) is 0 Å². The smallest absolute Gasteiger partial charge is 0.0468 e. The minimum absolute atomic E-state index is 1.12. The number of rotatable bonds is 5. The fourth-order valence-corrected chi connectivity index (χ4v) is 8.95. The van der Waals surface area contributed by atoms with Gasteiger partial charge in [-0.2, -0.15) is 0 Å². The molecule has 0 aliphatic heterocycles. The summed E-state index contributed by atoms with van der Waals surface area (Å²) >= 11 is 1.90. The molecule has 0 amide bonds. The van der Waals surface area contributed by atoms with Crippen LogP contribution >= 0.6 is 11.3 Å². The van der Waals surface area contributed by atoms with Crippen molar-refractivity contribution in [2.45, 2.75) is 0 Å². The van der Waals surface area contributed by atoms with E-state index in [1.54, 1.807) is 0 Å². The van der Waals surface area contributed by atoms with Gasteiger partial charge < -0.3 is 4.90 Å². The lowest BCUT2D eigenvalue weighted by Crippen LogP contribution is -2.09. The van der Waals surface area contributed by atoms with Crippen molar-refractivity contribution in [2.24, 2.45) is 0 Å². The quantitative estimate of drug-likeness (QED) is 0.179. The van der Waals surface area contributed by atoms with Gasteiger partial charge in [0.1, 0.15) is 0 Å². The molecule has 0 unspecified atom stereocenters. The molecule has 234 valence electrons. The number of anilines is 3. The highest BCUT2D eigenvalue weighted by Crippen LogP contribution is 2.47. The van der Waals surface area contributed by atoms with Crippen LogP contribution in [0.4, 0.5) is 17.1 Å². The molecule has 0 atom stereocenters. The molecular weight excluding hydrogens is 623 g/mol. The molecule has 50 heavy (non-hydrogen) atoms. The number of nitrogens with zero attached hydrogens (tertiary/aromatic N) is 1. The van der Waals surface area contributed by atoms with E-state index in [4.69, 9.17) is 0 Å². The molecule has 1 heterocycles. The Hall–Kier alpha value is -6.22. The number of hydrogen-bond acceptors (Lipinski definition) is 2. The van der Waals surface area contributed by atoms with E-state index in [9.17, 15) is 0 Å². The van der Waals surface area contributed by atoms with E-state index < -0.39 is 0 Å². The first kappa shape index (κ1) is 28.8. The van der Waals surface area contributed by atoms with E-state index >= 15 is 0 Å². The molecule has 0 fully saturated rings. The van der Waals surface area contributed by atoms with Crippen molar-refractivity contribution in [1.82, 2.24) is 0 Å². The first-order valence-electron chi connectivity index (χ1n) is 17.1. The summed E-state index contributed by atoms with van der Waals surface area (Å²) in [4.78, 5) is 2.38. The van der Waals surface area contributed by atoms with Crippen molar-refractivity contribution in [3.05, 3.63) is 188 Å². The summed E-state index contributed by atoms with van der Waals surface area (Å²) in [5, 5.41) is 10.2. The normalized spacial score (nSPS) is 11.6. The van der Waals surface area contributed by atoms with E-state index in [0.717, 1.165) is 17.1 Å². The Balaban J connectivity index is 1.19. The predicted molar refractivity (Wildman–Crippen MR) is 217 cm³/mol. The summed E-state index contributed by atoms with van der Waals surface area (Å²) in [6, 6.07) is 68.6. The zero-order valence-corrected chi connectivity index (χ0v) is 28.1. The standard InChI is InChI=1S/C48H31NS/c1-2-17-36(18-3-1)49(37-26-24-34(25-27-37)40-22-10-15-32-12-4-7-19-39(32)40)38-28-29-46-45(31-38)47-44(30-35-14-6-9-21-42(35)48(47)50-46)43-23-11-16-33-13-5-8-20-41(33)43/h1-31H. The lowest BCUT2D eigenvalue weighted by Gasteiger charge is -2.26. The molecule has 0 aliphatic rings. The SMILES string of the molecule is c1ccc(N(c2ccc(-c3cccc4ccccc34)cc2)c2ccc3sc4c5ccccc5cc(-c5cccc6ccccc56)c4c3c2)cc1. The van der Waals surface area contributed by atoms with Gasteiger partial charge in [-0.15, -0.1) is 11.3 Å². The van der Waals surface area contributed by atoms with E-state index in [1.165, 1.54) is 74.7 Å². The third-order valence-corrected chi connectivity index (χ3v) is 11.2. The molecule has 1 aromatic heterocycles. The summed E-state index contributed by atoms with van der Waals surface area (Å²) in [5.74, 6) is 0. The van der Waals surface area contributed by atoms with Crippen LogP contribution < -0.4 is 4.90 Å². The summed E-state index contributed by atoms with van der Waals surface area (Å²) in [7, 11) is 0. The molecule has 0 N–H and O–H groups in total. The predicted octanol–water partition coefficient (Wildman–Crippen LogP) is 14.3. The second-order valence-electron chi connectivity index (χ2n) is 12.9. The van der Waals surface area contributed by atoms with Crippen LogP contribution in [0.15, 0.2) is 188 Å². The summed E-state index contributed by atoms with van der Waals surface area (Å²) in [6.45, 7) is 0.